The first-order valence-electron chi connectivity index (χ1n) is 6.13. The Balaban J connectivity index is 1.74. The van der Waals surface area contributed by atoms with Gasteiger partial charge < -0.3 is 10.4 Å². The molecule has 16 heavy (non-hydrogen) atoms. The van der Waals surface area contributed by atoms with Crippen molar-refractivity contribution in [1.29, 1.82) is 0 Å². The van der Waals surface area contributed by atoms with E-state index in [0.29, 0.717) is 6.04 Å². The Morgan fingerprint density at radius 3 is 2.81 bits per heavy atom. The number of rotatable bonds is 4. The predicted octanol–water partition coefficient (Wildman–Crippen LogP) is 2.10. The standard InChI is InChI=1S/C12H20N2OS/c1-2-12-14-8-11(16-12)7-13-9-3-5-10(15)6-4-9/h8-10,13,15H,2-7H2,1H3. The molecule has 1 aliphatic carbocycles. The topological polar surface area (TPSA) is 45.2 Å². The first-order valence-corrected chi connectivity index (χ1v) is 6.94. The number of hydrogen-bond donors (Lipinski definition) is 2. The molecular weight excluding hydrogens is 220 g/mol. The Kier molecular flexibility index (Phi) is 4.32. The molecule has 1 aromatic rings. The molecule has 2 N–H and O–H groups in total. The van der Waals surface area contributed by atoms with E-state index in [-0.39, 0.29) is 6.10 Å². The van der Waals surface area contributed by atoms with Gasteiger partial charge in [-0.1, -0.05) is 6.92 Å². The van der Waals surface area contributed by atoms with Crippen LogP contribution in [0.4, 0.5) is 0 Å². The smallest absolute Gasteiger partial charge is 0.0925 e. The van der Waals surface area contributed by atoms with Gasteiger partial charge in [-0.3, -0.25) is 0 Å². The van der Waals surface area contributed by atoms with E-state index in [2.05, 4.69) is 17.2 Å². The van der Waals surface area contributed by atoms with Crippen LogP contribution in [0.2, 0.25) is 0 Å². The van der Waals surface area contributed by atoms with E-state index in [4.69, 9.17) is 0 Å². The minimum absolute atomic E-state index is 0.0619. The second kappa shape index (κ2) is 5.75. The van der Waals surface area contributed by atoms with Crippen molar-refractivity contribution in [2.45, 2.75) is 57.7 Å². The van der Waals surface area contributed by atoms with Gasteiger partial charge in [0.1, 0.15) is 0 Å². The summed E-state index contributed by atoms with van der Waals surface area (Å²) in [6.45, 7) is 3.07. The van der Waals surface area contributed by atoms with Crippen LogP contribution in [0, 0.1) is 0 Å². The molecule has 1 heterocycles. The molecule has 90 valence electrons. The van der Waals surface area contributed by atoms with Crippen molar-refractivity contribution in [3.63, 3.8) is 0 Å². The summed E-state index contributed by atoms with van der Waals surface area (Å²) in [5.41, 5.74) is 0. The van der Waals surface area contributed by atoms with Gasteiger partial charge in [0.25, 0.3) is 0 Å². The van der Waals surface area contributed by atoms with Crippen LogP contribution in [-0.4, -0.2) is 22.2 Å². The molecule has 0 spiro atoms. The highest BCUT2D eigenvalue weighted by atomic mass is 32.1. The van der Waals surface area contributed by atoms with Gasteiger partial charge >= 0.3 is 0 Å². The molecule has 2 rings (SSSR count). The lowest BCUT2D eigenvalue weighted by molar-refractivity contribution is 0.116. The Labute approximate surface area is 101 Å². The third-order valence-electron chi connectivity index (χ3n) is 3.17. The quantitative estimate of drug-likeness (QED) is 0.847. The molecule has 1 saturated carbocycles. The molecule has 0 atom stereocenters. The van der Waals surface area contributed by atoms with Crippen LogP contribution in [-0.2, 0) is 13.0 Å². The van der Waals surface area contributed by atoms with E-state index < -0.39 is 0 Å². The molecule has 0 unspecified atom stereocenters. The van der Waals surface area contributed by atoms with Gasteiger partial charge in [0.2, 0.25) is 0 Å². The van der Waals surface area contributed by atoms with Crippen LogP contribution in [0.15, 0.2) is 6.20 Å². The minimum atomic E-state index is -0.0619. The summed E-state index contributed by atoms with van der Waals surface area (Å²) < 4.78 is 0. The molecule has 1 aromatic heterocycles. The van der Waals surface area contributed by atoms with Crippen LogP contribution < -0.4 is 5.32 Å². The van der Waals surface area contributed by atoms with Gasteiger partial charge in [0, 0.05) is 23.7 Å². The second-order valence-corrected chi connectivity index (χ2v) is 5.66. The van der Waals surface area contributed by atoms with Gasteiger partial charge in [-0.15, -0.1) is 11.3 Å². The van der Waals surface area contributed by atoms with Gasteiger partial charge in [0.15, 0.2) is 0 Å². The van der Waals surface area contributed by atoms with E-state index in [1.807, 2.05) is 6.20 Å². The molecule has 1 fully saturated rings. The fraction of sp³-hybridized carbons (Fsp3) is 0.750. The number of aliphatic hydroxyl groups is 1. The molecule has 0 radical (unpaired) electrons. The van der Waals surface area contributed by atoms with Crippen molar-refractivity contribution < 1.29 is 5.11 Å². The zero-order chi connectivity index (χ0) is 11.4. The van der Waals surface area contributed by atoms with Gasteiger partial charge in [-0.05, 0) is 32.1 Å². The van der Waals surface area contributed by atoms with E-state index in [0.717, 1.165) is 38.6 Å². The highest BCUT2D eigenvalue weighted by molar-refractivity contribution is 7.11. The molecule has 3 nitrogen and oxygen atoms in total. The minimum Gasteiger partial charge on any atom is -0.393 e. The number of nitrogens with zero attached hydrogens (tertiary/aromatic N) is 1. The maximum Gasteiger partial charge on any atom is 0.0925 e. The number of thiazole rings is 1. The summed E-state index contributed by atoms with van der Waals surface area (Å²) in [5, 5.41) is 14.2. The van der Waals surface area contributed by atoms with Crippen LogP contribution in [0.5, 0.6) is 0 Å². The fourth-order valence-corrected chi connectivity index (χ4v) is 2.93. The lowest BCUT2D eigenvalue weighted by atomic mass is 9.93. The van der Waals surface area contributed by atoms with Crippen LogP contribution in [0.1, 0.15) is 42.5 Å². The van der Waals surface area contributed by atoms with Gasteiger partial charge in [-0.25, -0.2) is 4.98 Å². The monoisotopic (exact) mass is 240 g/mol. The van der Waals surface area contributed by atoms with E-state index in [1.165, 1.54) is 9.88 Å². The number of nitrogens with one attached hydrogen (secondary N) is 1. The number of hydrogen-bond acceptors (Lipinski definition) is 4. The van der Waals surface area contributed by atoms with Gasteiger partial charge in [0.05, 0.1) is 11.1 Å². The predicted molar refractivity (Wildman–Crippen MR) is 66.6 cm³/mol. The first kappa shape index (κ1) is 12.0. The summed E-state index contributed by atoms with van der Waals surface area (Å²) in [6, 6.07) is 0.579. The van der Waals surface area contributed by atoms with Crippen LogP contribution >= 0.6 is 11.3 Å². The Bertz CT molecular complexity index is 319. The first-order chi connectivity index (χ1) is 7.78. The van der Waals surface area contributed by atoms with E-state index in [9.17, 15) is 5.11 Å². The summed E-state index contributed by atoms with van der Waals surface area (Å²) >= 11 is 1.80. The van der Waals surface area contributed by atoms with Crippen molar-refractivity contribution in [2.24, 2.45) is 0 Å². The Morgan fingerprint density at radius 1 is 1.44 bits per heavy atom. The molecule has 1 aliphatic rings. The molecule has 0 saturated heterocycles. The average molecular weight is 240 g/mol. The van der Waals surface area contributed by atoms with Crippen molar-refractivity contribution in [2.75, 3.05) is 0 Å². The lowest BCUT2D eigenvalue weighted by Gasteiger charge is -2.26. The lowest BCUT2D eigenvalue weighted by Crippen LogP contribution is -2.33. The van der Waals surface area contributed by atoms with E-state index >= 15 is 0 Å². The maximum absolute atomic E-state index is 9.41. The highest BCUT2D eigenvalue weighted by Gasteiger charge is 2.18. The van der Waals surface area contributed by atoms with Crippen molar-refractivity contribution >= 4 is 11.3 Å². The largest absolute Gasteiger partial charge is 0.393 e. The maximum atomic E-state index is 9.41. The van der Waals surface area contributed by atoms with Crippen molar-refractivity contribution in [3.05, 3.63) is 16.1 Å². The summed E-state index contributed by atoms with van der Waals surface area (Å²) in [5.74, 6) is 0. The van der Waals surface area contributed by atoms with Gasteiger partial charge in [-0.2, -0.15) is 0 Å². The molecule has 0 bridgehead atoms. The molecule has 4 heteroatoms. The summed E-state index contributed by atoms with van der Waals surface area (Å²) in [4.78, 5) is 5.67. The fourth-order valence-electron chi connectivity index (χ4n) is 2.12. The zero-order valence-electron chi connectivity index (χ0n) is 9.78. The molecular formula is C12H20N2OS. The summed E-state index contributed by atoms with van der Waals surface area (Å²) in [7, 11) is 0. The number of aliphatic hydroxyl groups excluding tert-OH is 1. The van der Waals surface area contributed by atoms with Crippen LogP contribution in [0.25, 0.3) is 0 Å². The van der Waals surface area contributed by atoms with E-state index in [1.54, 1.807) is 11.3 Å². The van der Waals surface area contributed by atoms with Crippen LogP contribution in [0.3, 0.4) is 0 Å². The molecule has 0 aromatic carbocycles. The number of aryl methyl sites for hydroxylation is 1. The molecule has 0 amide bonds. The Hall–Kier alpha value is -0.450. The number of aromatic nitrogens is 1. The normalized spacial score (nSPS) is 25.9. The molecule has 0 aliphatic heterocycles. The van der Waals surface area contributed by atoms with Crippen molar-refractivity contribution in [1.82, 2.24) is 10.3 Å². The zero-order valence-corrected chi connectivity index (χ0v) is 10.6. The highest BCUT2D eigenvalue weighted by Crippen LogP contribution is 2.19. The third-order valence-corrected chi connectivity index (χ3v) is 4.31. The van der Waals surface area contributed by atoms with Crippen molar-refractivity contribution in [3.8, 4) is 0 Å². The SMILES string of the molecule is CCc1ncc(CNC2CCC(O)CC2)s1. The third kappa shape index (κ3) is 3.27. The Morgan fingerprint density at radius 2 is 2.19 bits per heavy atom. The summed E-state index contributed by atoms with van der Waals surface area (Å²) in [6.07, 6.45) is 7.03. The average Bonchev–Trinajstić information content (AvgIpc) is 2.76. The second-order valence-electron chi connectivity index (χ2n) is 4.46.